The highest BCUT2D eigenvalue weighted by atomic mass is 79.9. The molecule has 0 radical (unpaired) electrons. The fraction of sp³-hybridized carbons (Fsp3) is 0.533. The van der Waals surface area contributed by atoms with E-state index in [1.54, 1.807) is 11.5 Å². The van der Waals surface area contributed by atoms with Crippen LogP contribution in [0.4, 0.5) is 0 Å². The maximum absolute atomic E-state index is 12.5. The molecule has 1 saturated heterocycles. The van der Waals surface area contributed by atoms with Gasteiger partial charge >= 0.3 is 5.97 Å². The van der Waals surface area contributed by atoms with Crippen LogP contribution in [0, 0.1) is 5.92 Å². The molecule has 0 N–H and O–H groups in total. The second-order valence-corrected chi connectivity index (χ2v) is 7.44. The molecule has 2 rings (SSSR count). The van der Waals surface area contributed by atoms with E-state index >= 15 is 0 Å². The largest absolute Gasteiger partial charge is 0.451 e. The number of pyridine rings is 1. The normalized spacial score (nSPS) is 25.0. The zero-order chi connectivity index (χ0) is 15.6. The number of hydrogen-bond donors (Lipinski definition) is 0. The van der Waals surface area contributed by atoms with Crippen molar-refractivity contribution in [3.63, 3.8) is 0 Å². The Morgan fingerprint density at radius 2 is 2.05 bits per heavy atom. The summed E-state index contributed by atoms with van der Waals surface area (Å²) < 4.78 is 8.92. The van der Waals surface area contributed by atoms with Crippen LogP contribution in [0.25, 0.3) is 0 Å². The van der Waals surface area contributed by atoms with Crippen molar-refractivity contribution in [3.05, 3.63) is 27.4 Å². The summed E-state index contributed by atoms with van der Waals surface area (Å²) in [5.74, 6) is -0.472. The zero-order valence-electron chi connectivity index (χ0n) is 12.1. The molecule has 114 valence electrons. The molecule has 4 nitrogen and oxygen atoms in total. The van der Waals surface area contributed by atoms with E-state index in [-0.39, 0.29) is 24.2 Å². The van der Waals surface area contributed by atoms with Crippen molar-refractivity contribution in [3.8, 4) is 0 Å². The molecule has 21 heavy (non-hydrogen) atoms. The van der Waals surface area contributed by atoms with Crippen molar-refractivity contribution in [2.24, 2.45) is 5.92 Å². The first kappa shape index (κ1) is 16.6. The van der Waals surface area contributed by atoms with Crippen molar-refractivity contribution < 1.29 is 18.9 Å². The number of Topliss-reactive ketones (excluding diaryl/α,β-unsaturated/α-hetero) is 1. The van der Waals surface area contributed by atoms with Gasteiger partial charge in [0, 0.05) is 6.42 Å². The summed E-state index contributed by atoms with van der Waals surface area (Å²) in [7, 11) is 0. The third-order valence-electron chi connectivity index (χ3n) is 3.70. The summed E-state index contributed by atoms with van der Waals surface area (Å²) in [6.07, 6.45) is 5.82. The van der Waals surface area contributed by atoms with Gasteiger partial charge in [0.05, 0.1) is 14.9 Å². The van der Waals surface area contributed by atoms with Gasteiger partial charge in [-0.05, 0) is 51.3 Å². The number of halogens is 2. The quantitative estimate of drug-likeness (QED) is 0.543. The first-order chi connectivity index (χ1) is 9.84. The van der Waals surface area contributed by atoms with E-state index in [1.807, 2.05) is 25.4 Å². The molecule has 1 aromatic rings. The monoisotopic (exact) mass is 418 g/mol. The van der Waals surface area contributed by atoms with Gasteiger partial charge in [-0.25, -0.2) is 0 Å². The van der Waals surface area contributed by atoms with Gasteiger partial charge in [-0.3, -0.25) is 9.59 Å². The predicted octanol–water partition coefficient (Wildman–Crippen LogP) is 3.19. The Labute approximate surface area is 141 Å². The van der Waals surface area contributed by atoms with Crippen LogP contribution in [-0.4, -0.2) is 17.4 Å². The highest BCUT2D eigenvalue weighted by molar-refractivity contribution is 9.11. The molecule has 0 bridgehead atoms. The number of nitrogens with zero attached hydrogens (tertiary/aromatic N) is 1. The maximum atomic E-state index is 12.5. The van der Waals surface area contributed by atoms with Crippen LogP contribution in [0.5, 0.6) is 0 Å². The number of carbonyl (C=O) groups is 2. The first-order valence-electron chi connectivity index (χ1n) is 6.95. The molecule has 6 heteroatoms. The van der Waals surface area contributed by atoms with E-state index in [0.29, 0.717) is 6.42 Å². The predicted molar refractivity (Wildman–Crippen MR) is 84.6 cm³/mol. The highest BCUT2D eigenvalue weighted by Gasteiger charge is 2.49. The molecule has 0 unspecified atom stereocenters. The molecule has 0 aliphatic carbocycles. The second-order valence-electron chi connectivity index (χ2n) is 5.61. The van der Waals surface area contributed by atoms with Crippen molar-refractivity contribution in [1.82, 2.24) is 0 Å². The Morgan fingerprint density at radius 1 is 1.43 bits per heavy atom. The Bertz CT molecular complexity index is 556. The summed E-state index contributed by atoms with van der Waals surface area (Å²) in [5, 5.41) is 0. The fourth-order valence-electron chi connectivity index (χ4n) is 2.62. The lowest BCUT2D eigenvalue weighted by Crippen LogP contribution is -2.46. The number of carbonyl (C=O) groups excluding carboxylic acids is 2. The second kappa shape index (κ2) is 6.57. The Kier molecular flexibility index (Phi) is 5.20. The van der Waals surface area contributed by atoms with Crippen molar-refractivity contribution in [1.29, 1.82) is 0 Å². The molecule has 1 aliphatic heterocycles. The number of cyclic esters (lactones) is 1. The van der Waals surface area contributed by atoms with Crippen LogP contribution in [0.2, 0.25) is 0 Å². The van der Waals surface area contributed by atoms with Crippen LogP contribution < -0.4 is 4.57 Å². The summed E-state index contributed by atoms with van der Waals surface area (Å²) in [6, 6.07) is 1.90. The minimum absolute atomic E-state index is 0.0792. The number of ketones is 1. The van der Waals surface area contributed by atoms with Gasteiger partial charge in [0.1, 0.15) is 0 Å². The number of ether oxygens (including phenoxy) is 1. The van der Waals surface area contributed by atoms with Gasteiger partial charge in [0.15, 0.2) is 18.0 Å². The molecule has 0 saturated carbocycles. The molecule has 0 aromatic carbocycles. The number of hydrogen-bond acceptors (Lipinski definition) is 3. The summed E-state index contributed by atoms with van der Waals surface area (Å²) in [6.45, 7) is 3.93. The third-order valence-corrected chi connectivity index (χ3v) is 4.57. The number of esters is 1. The SMILES string of the molecule is CCC[C@H]1C[C@](C)(C(=O)C[n+]2cc(Br)cc(Br)c2)OC1=O. The first-order valence-corrected chi connectivity index (χ1v) is 8.54. The average Bonchev–Trinajstić information content (AvgIpc) is 2.65. The maximum Gasteiger partial charge on any atom is 0.310 e. The van der Waals surface area contributed by atoms with Crippen LogP contribution in [0.3, 0.4) is 0 Å². The zero-order valence-corrected chi connectivity index (χ0v) is 15.2. The Morgan fingerprint density at radius 3 is 2.62 bits per heavy atom. The van der Waals surface area contributed by atoms with Gasteiger partial charge in [0.2, 0.25) is 12.3 Å². The van der Waals surface area contributed by atoms with E-state index in [0.717, 1.165) is 21.8 Å². The molecule has 2 atom stereocenters. The highest BCUT2D eigenvalue weighted by Crippen LogP contribution is 2.34. The van der Waals surface area contributed by atoms with E-state index in [2.05, 4.69) is 31.9 Å². The number of rotatable bonds is 5. The molecule has 1 fully saturated rings. The standard InChI is InChI=1S/C15H18Br2NO3/c1-3-4-10-6-15(2,21-14(10)20)13(19)9-18-7-11(16)5-12(17)8-18/h5,7-8,10H,3-4,6,9H2,1-2H3/q+1/t10-,15+/m0/s1. The molecular formula is C15H18Br2NO3+. The lowest BCUT2D eigenvalue weighted by Gasteiger charge is -2.19. The number of aromatic nitrogens is 1. The van der Waals surface area contributed by atoms with E-state index in [1.165, 1.54) is 0 Å². The fourth-order valence-corrected chi connectivity index (χ4v) is 3.95. The van der Waals surface area contributed by atoms with Crippen molar-refractivity contribution >= 4 is 43.6 Å². The smallest absolute Gasteiger partial charge is 0.310 e. The van der Waals surface area contributed by atoms with Gasteiger partial charge in [-0.15, -0.1) is 0 Å². The van der Waals surface area contributed by atoms with Gasteiger partial charge < -0.3 is 4.74 Å². The lowest BCUT2D eigenvalue weighted by molar-refractivity contribution is -0.685. The minimum atomic E-state index is -1.00. The van der Waals surface area contributed by atoms with Gasteiger partial charge in [-0.1, -0.05) is 13.3 Å². The van der Waals surface area contributed by atoms with E-state index in [4.69, 9.17) is 4.74 Å². The van der Waals surface area contributed by atoms with Crippen LogP contribution in [0.1, 0.15) is 33.1 Å². The third kappa shape index (κ3) is 3.92. The summed E-state index contributed by atoms with van der Waals surface area (Å²) in [4.78, 5) is 24.4. The van der Waals surface area contributed by atoms with Crippen LogP contribution in [0.15, 0.2) is 27.4 Å². The summed E-state index contributed by atoms with van der Waals surface area (Å²) >= 11 is 6.78. The van der Waals surface area contributed by atoms with Gasteiger partial charge in [0.25, 0.3) is 0 Å². The molecule has 0 amide bonds. The van der Waals surface area contributed by atoms with Crippen molar-refractivity contribution in [2.45, 2.75) is 45.3 Å². The molecule has 2 heterocycles. The lowest BCUT2D eigenvalue weighted by atomic mass is 9.89. The van der Waals surface area contributed by atoms with Gasteiger partial charge in [-0.2, -0.15) is 4.57 Å². The van der Waals surface area contributed by atoms with Crippen molar-refractivity contribution in [2.75, 3.05) is 0 Å². The Balaban J connectivity index is 2.11. The molecule has 1 aromatic heterocycles. The van der Waals surface area contributed by atoms with E-state index < -0.39 is 5.60 Å². The Hall–Kier alpha value is -0.750. The summed E-state index contributed by atoms with van der Waals surface area (Å²) in [5.41, 5.74) is -1.00. The van der Waals surface area contributed by atoms with Crippen LogP contribution in [-0.2, 0) is 20.9 Å². The molecule has 1 aliphatic rings. The molecular weight excluding hydrogens is 402 g/mol. The minimum Gasteiger partial charge on any atom is -0.451 e. The molecule has 0 spiro atoms. The van der Waals surface area contributed by atoms with E-state index in [9.17, 15) is 9.59 Å². The van der Waals surface area contributed by atoms with Crippen LogP contribution >= 0.6 is 31.9 Å². The topological polar surface area (TPSA) is 47.2 Å². The average molecular weight is 420 g/mol.